The van der Waals surface area contributed by atoms with Gasteiger partial charge in [0.1, 0.15) is 5.82 Å². The van der Waals surface area contributed by atoms with Gasteiger partial charge < -0.3 is 5.11 Å². The molecule has 2 aromatic carbocycles. The van der Waals surface area contributed by atoms with Crippen LogP contribution in [0.4, 0.5) is 4.39 Å². The maximum atomic E-state index is 12.9. The summed E-state index contributed by atoms with van der Waals surface area (Å²) in [5.41, 5.74) is 3.22. The molecule has 0 amide bonds. The fraction of sp³-hybridized carbons (Fsp3) is 0.294. The predicted molar refractivity (Wildman–Crippen MR) is 80.6 cm³/mol. The lowest BCUT2D eigenvalue weighted by atomic mass is 10.0. The molecule has 1 unspecified atom stereocenters. The Balaban J connectivity index is 1.89. The van der Waals surface area contributed by atoms with E-state index in [0.29, 0.717) is 17.9 Å². The van der Waals surface area contributed by atoms with Gasteiger partial charge in [-0.1, -0.05) is 47.5 Å². The molecule has 0 heterocycles. The lowest BCUT2D eigenvalue weighted by Crippen LogP contribution is -2.12. The fourth-order valence-corrected chi connectivity index (χ4v) is 2.38. The number of aryl methyl sites for hydroxylation is 2. The van der Waals surface area contributed by atoms with Crippen LogP contribution in [0.1, 0.15) is 23.1 Å². The Morgan fingerprint density at radius 3 is 2.50 bits per heavy atom. The van der Waals surface area contributed by atoms with Gasteiger partial charge in [0.15, 0.2) is 0 Å². The highest BCUT2D eigenvalue weighted by atomic mass is 35.5. The van der Waals surface area contributed by atoms with E-state index in [0.717, 1.165) is 12.0 Å². The smallest absolute Gasteiger partial charge is 0.124 e. The number of aliphatic hydroxyl groups excluding tert-OH is 1. The Labute approximate surface area is 124 Å². The second-order valence-corrected chi connectivity index (χ2v) is 5.53. The van der Waals surface area contributed by atoms with Crippen LogP contribution in [0.3, 0.4) is 0 Å². The zero-order valence-corrected chi connectivity index (χ0v) is 12.2. The number of aliphatic hydroxyl groups is 1. The van der Waals surface area contributed by atoms with Crippen molar-refractivity contribution in [2.45, 2.75) is 32.3 Å². The highest BCUT2D eigenvalue weighted by Crippen LogP contribution is 2.20. The van der Waals surface area contributed by atoms with Crippen LogP contribution in [0.15, 0.2) is 42.5 Å². The van der Waals surface area contributed by atoms with E-state index in [9.17, 15) is 9.50 Å². The molecule has 20 heavy (non-hydrogen) atoms. The molecular weight excluding hydrogens is 275 g/mol. The summed E-state index contributed by atoms with van der Waals surface area (Å²) < 4.78 is 12.9. The fourth-order valence-electron chi connectivity index (χ4n) is 2.13. The Morgan fingerprint density at radius 1 is 1.15 bits per heavy atom. The number of benzene rings is 2. The van der Waals surface area contributed by atoms with Crippen molar-refractivity contribution >= 4 is 11.6 Å². The van der Waals surface area contributed by atoms with Crippen molar-refractivity contribution in [1.29, 1.82) is 0 Å². The van der Waals surface area contributed by atoms with Crippen LogP contribution in [0.2, 0.25) is 5.02 Å². The molecule has 0 aliphatic rings. The Kier molecular flexibility index (Phi) is 5.16. The first-order valence-corrected chi connectivity index (χ1v) is 7.10. The molecule has 0 fully saturated rings. The molecule has 0 saturated heterocycles. The molecule has 1 nitrogen and oxygen atoms in total. The predicted octanol–water partition coefficient (Wildman–Crippen LogP) is 4.32. The molecule has 0 aromatic heterocycles. The summed E-state index contributed by atoms with van der Waals surface area (Å²) in [7, 11) is 0. The minimum atomic E-state index is -0.473. The first-order chi connectivity index (χ1) is 9.54. The third-order valence-corrected chi connectivity index (χ3v) is 3.71. The number of hydrogen-bond donors (Lipinski definition) is 1. The van der Waals surface area contributed by atoms with Crippen molar-refractivity contribution in [2.24, 2.45) is 0 Å². The van der Waals surface area contributed by atoms with Gasteiger partial charge in [-0.2, -0.15) is 0 Å². The zero-order chi connectivity index (χ0) is 14.5. The number of hydrogen-bond acceptors (Lipinski definition) is 1. The monoisotopic (exact) mass is 292 g/mol. The molecule has 2 aromatic rings. The molecule has 2 rings (SSSR count). The van der Waals surface area contributed by atoms with Crippen LogP contribution < -0.4 is 0 Å². The van der Waals surface area contributed by atoms with E-state index in [1.165, 1.54) is 23.3 Å². The first-order valence-electron chi connectivity index (χ1n) is 6.72. The van der Waals surface area contributed by atoms with E-state index < -0.39 is 6.10 Å². The standard InChI is InChI=1S/C17H18ClFO/c1-12-2-4-13(5-3-12)6-9-16(20)10-14-7-8-15(19)11-17(14)18/h2-5,7-8,11,16,20H,6,9-10H2,1H3. The van der Waals surface area contributed by atoms with Gasteiger partial charge in [0, 0.05) is 5.02 Å². The zero-order valence-electron chi connectivity index (χ0n) is 11.4. The van der Waals surface area contributed by atoms with Crippen molar-refractivity contribution in [1.82, 2.24) is 0 Å². The molecule has 0 aliphatic carbocycles. The molecule has 0 aliphatic heterocycles. The van der Waals surface area contributed by atoms with Crippen LogP contribution >= 0.6 is 11.6 Å². The lowest BCUT2D eigenvalue weighted by Gasteiger charge is -2.12. The topological polar surface area (TPSA) is 20.2 Å². The minimum absolute atomic E-state index is 0.354. The van der Waals surface area contributed by atoms with E-state index in [2.05, 4.69) is 31.2 Å². The molecule has 0 saturated carbocycles. The van der Waals surface area contributed by atoms with Crippen LogP contribution in [0.25, 0.3) is 0 Å². The quantitative estimate of drug-likeness (QED) is 0.870. The van der Waals surface area contributed by atoms with Gasteiger partial charge in [-0.3, -0.25) is 0 Å². The van der Waals surface area contributed by atoms with Gasteiger partial charge >= 0.3 is 0 Å². The van der Waals surface area contributed by atoms with Crippen LogP contribution in [0.5, 0.6) is 0 Å². The first kappa shape index (κ1) is 15.0. The van der Waals surface area contributed by atoms with E-state index in [1.54, 1.807) is 6.07 Å². The van der Waals surface area contributed by atoms with E-state index >= 15 is 0 Å². The highest BCUT2D eigenvalue weighted by molar-refractivity contribution is 6.31. The second kappa shape index (κ2) is 6.87. The van der Waals surface area contributed by atoms with Gasteiger partial charge in [0.05, 0.1) is 6.10 Å². The largest absolute Gasteiger partial charge is 0.393 e. The Bertz CT molecular complexity index is 566. The van der Waals surface area contributed by atoms with E-state index in [4.69, 9.17) is 11.6 Å². The van der Waals surface area contributed by atoms with Gasteiger partial charge in [-0.15, -0.1) is 0 Å². The molecule has 0 radical (unpaired) electrons. The summed E-state index contributed by atoms with van der Waals surface area (Å²) in [6, 6.07) is 12.6. The molecule has 106 valence electrons. The van der Waals surface area contributed by atoms with E-state index in [1.807, 2.05) is 0 Å². The van der Waals surface area contributed by atoms with Gasteiger partial charge in [-0.25, -0.2) is 4.39 Å². The normalized spacial score (nSPS) is 12.4. The molecule has 0 spiro atoms. The maximum Gasteiger partial charge on any atom is 0.124 e. The molecular formula is C17H18ClFO. The number of halogens is 2. The average Bonchev–Trinajstić information content (AvgIpc) is 2.41. The van der Waals surface area contributed by atoms with Crippen molar-refractivity contribution in [3.8, 4) is 0 Å². The molecule has 0 bridgehead atoms. The minimum Gasteiger partial charge on any atom is -0.393 e. The summed E-state index contributed by atoms with van der Waals surface area (Å²) in [4.78, 5) is 0. The van der Waals surface area contributed by atoms with Crippen LogP contribution in [-0.2, 0) is 12.8 Å². The Hall–Kier alpha value is -1.38. The summed E-state index contributed by atoms with van der Waals surface area (Å²) in [5, 5.41) is 10.4. The van der Waals surface area contributed by atoms with Gasteiger partial charge in [-0.05, 0) is 49.4 Å². The summed E-state index contributed by atoms with van der Waals surface area (Å²) in [6.07, 6.45) is 1.46. The average molecular weight is 293 g/mol. The molecule has 1 atom stereocenters. The number of rotatable bonds is 5. The van der Waals surface area contributed by atoms with Crippen LogP contribution in [0, 0.1) is 12.7 Å². The van der Waals surface area contributed by atoms with Crippen LogP contribution in [-0.4, -0.2) is 11.2 Å². The van der Waals surface area contributed by atoms with Gasteiger partial charge in [0.2, 0.25) is 0 Å². The maximum absolute atomic E-state index is 12.9. The molecule has 1 N–H and O–H groups in total. The van der Waals surface area contributed by atoms with Crippen molar-refractivity contribution in [2.75, 3.05) is 0 Å². The Morgan fingerprint density at radius 2 is 1.85 bits per heavy atom. The van der Waals surface area contributed by atoms with Gasteiger partial charge in [0.25, 0.3) is 0 Å². The summed E-state index contributed by atoms with van der Waals surface area (Å²) in [6.45, 7) is 2.05. The van der Waals surface area contributed by atoms with Crippen molar-refractivity contribution < 1.29 is 9.50 Å². The summed E-state index contributed by atoms with van der Waals surface area (Å²) in [5.74, 6) is -0.354. The lowest BCUT2D eigenvalue weighted by molar-refractivity contribution is 0.165. The molecule has 3 heteroatoms. The highest BCUT2D eigenvalue weighted by Gasteiger charge is 2.09. The third kappa shape index (κ3) is 4.32. The summed E-state index contributed by atoms with van der Waals surface area (Å²) >= 11 is 5.96. The third-order valence-electron chi connectivity index (χ3n) is 3.36. The second-order valence-electron chi connectivity index (χ2n) is 5.12. The van der Waals surface area contributed by atoms with Crippen molar-refractivity contribution in [3.05, 3.63) is 70.0 Å². The van der Waals surface area contributed by atoms with E-state index in [-0.39, 0.29) is 5.82 Å². The SMILES string of the molecule is Cc1ccc(CCC(O)Cc2ccc(F)cc2Cl)cc1. The van der Waals surface area contributed by atoms with Crippen molar-refractivity contribution in [3.63, 3.8) is 0 Å².